The summed E-state index contributed by atoms with van der Waals surface area (Å²) < 4.78 is 50.0. The molecule has 7 heteroatoms. The third-order valence-electron chi connectivity index (χ3n) is 4.78. The topological polar surface area (TPSA) is 47.6 Å². The van der Waals surface area contributed by atoms with Crippen LogP contribution >= 0.6 is 0 Å². The van der Waals surface area contributed by atoms with Gasteiger partial charge in [0.2, 0.25) is 5.91 Å². The van der Waals surface area contributed by atoms with Gasteiger partial charge in [-0.05, 0) is 42.5 Å². The van der Waals surface area contributed by atoms with E-state index < -0.39 is 23.6 Å². The first-order valence-electron chi connectivity index (χ1n) is 8.46. The van der Waals surface area contributed by atoms with E-state index in [0.717, 1.165) is 11.6 Å². The minimum atomic E-state index is -4.43. The zero-order valence-electron chi connectivity index (χ0n) is 15.2. The Labute approximate surface area is 155 Å². The molecule has 4 nitrogen and oxygen atoms in total. The Morgan fingerprint density at radius 1 is 1.11 bits per heavy atom. The van der Waals surface area contributed by atoms with Gasteiger partial charge in [-0.15, -0.1) is 0 Å². The summed E-state index contributed by atoms with van der Waals surface area (Å²) in [7, 11) is 3.01. The van der Waals surface area contributed by atoms with E-state index in [9.17, 15) is 18.0 Å². The number of carbonyl (C=O) groups is 1. The second kappa shape index (κ2) is 7.13. The third kappa shape index (κ3) is 3.86. The van der Waals surface area contributed by atoms with E-state index >= 15 is 0 Å². The first kappa shape index (κ1) is 19.1. The average molecular weight is 379 g/mol. The number of amides is 1. The van der Waals surface area contributed by atoms with Crippen LogP contribution in [0.15, 0.2) is 36.4 Å². The van der Waals surface area contributed by atoms with Crippen molar-refractivity contribution in [3.05, 3.63) is 53.1 Å². The van der Waals surface area contributed by atoms with Crippen molar-refractivity contribution in [1.82, 2.24) is 0 Å². The number of aryl methyl sites for hydroxylation is 1. The highest BCUT2D eigenvalue weighted by Crippen LogP contribution is 2.51. The number of ether oxygens (including phenoxy) is 2. The molecule has 1 amide bonds. The van der Waals surface area contributed by atoms with Crippen LogP contribution in [0.3, 0.4) is 0 Å². The predicted molar refractivity (Wildman–Crippen MR) is 95.2 cm³/mol. The first-order valence-corrected chi connectivity index (χ1v) is 8.46. The van der Waals surface area contributed by atoms with E-state index in [2.05, 4.69) is 5.32 Å². The van der Waals surface area contributed by atoms with E-state index in [1.54, 1.807) is 25.1 Å². The van der Waals surface area contributed by atoms with E-state index in [1.807, 2.05) is 0 Å². The molecule has 0 spiro atoms. The molecule has 1 fully saturated rings. The van der Waals surface area contributed by atoms with Crippen LogP contribution in [0.5, 0.6) is 11.5 Å². The Morgan fingerprint density at radius 3 is 2.37 bits per heavy atom. The van der Waals surface area contributed by atoms with Crippen LogP contribution in [0.1, 0.15) is 29.0 Å². The van der Waals surface area contributed by atoms with Gasteiger partial charge in [0.25, 0.3) is 0 Å². The molecule has 0 saturated heterocycles. The molecule has 144 valence electrons. The molecule has 0 bridgehead atoms. The van der Waals surface area contributed by atoms with Crippen LogP contribution in [0.25, 0.3) is 0 Å². The minimum absolute atomic E-state index is 0.175. The molecular weight excluding hydrogens is 359 g/mol. The Balaban J connectivity index is 1.77. The summed E-state index contributed by atoms with van der Waals surface area (Å²) in [6.45, 7) is 1.81. The van der Waals surface area contributed by atoms with Gasteiger partial charge in [-0.3, -0.25) is 4.79 Å². The number of rotatable bonds is 5. The summed E-state index contributed by atoms with van der Waals surface area (Å²) in [5.74, 6) is -0.207. The van der Waals surface area contributed by atoms with Crippen LogP contribution in [-0.2, 0) is 11.0 Å². The van der Waals surface area contributed by atoms with Gasteiger partial charge in [0.05, 0.1) is 19.8 Å². The van der Waals surface area contributed by atoms with E-state index in [1.165, 1.54) is 26.4 Å². The lowest BCUT2D eigenvalue weighted by atomic mass is 10.0. The van der Waals surface area contributed by atoms with Crippen molar-refractivity contribution in [2.45, 2.75) is 25.4 Å². The summed E-state index contributed by atoms with van der Waals surface area (Å²) in [6, 6.07) is 8.81. The number of halogens is 3. The van der Waals surface area contributed by atoms with E-state index in [4.69, 9.17) is 9.47 Å². The Morgan fingerprint density at radius 2 is 1.74 bits per heavy atom. The van der Waals surface area contributed by atoms with Gasteiger partial charge in [-0.1, -0.05) is 18.2 Å². The molecule has 27 heavy (non-hydrogen) atoms. The number of nitrogens with one attached hydrogen (secondary N) is 1. The number of hydrogen-bond acceptors (Lipinski definition) is 3. The first-order chi connectivity index (χ1) is 12.8. The molecule has 0 radical (unpaired) electrons. The van der Waals surface area contributed by atoms with Crippen molar-refractivity contribution in [3.63, 3.8) is 0 Å². The summed E-state index contributed by atoms with van der Waals surface area (Å²) in [4.78, 5) is 12.6. The van der Waals surface area contributed by atoms with Gasteiger partial charge in [0.15, 0.2) is 11.5 Å². The lowest BCUT2D eigenvalue weighted by molar-refractivity contribution is -0.138. The third-order valence-corrected chi connectivity index (χ3v) is 4.78. The molecule has 1 N–H and O–H groups in total. The van der Waals surface area contributed by atoms with Crippen LogP contribution in [0.2, 0.25) is 0 Å². The fraction of sp³-hybridized carbons (Fsp3) is 0.350. The number of carbonyl (C=O) groups excluding carboxylic acids is 1. The highest BCUT2D eigenvalue weighted by Gasteiger charge is 2.47. The van der Waals surface area contributed by atoms with Gasteiger partial charge in [-0.25, -0.2) is 0 Å². The normalized spacial score (nSPS) is 18.7. The molecule has 2 unspecified atom stereocenters. The minimum Gasteiger partial charge on any atom is -0.493 e. The highest BCUT2D eigenvalue weighted by molar-refractivity contribution is 5.96. The highest BCUT2D eigenvalue weighted by atomic mass is 19.4. The molecule has 2 aromatic rings. The van der Waals surface area contributed by atoms with Crippen molar-refractivity contribution < 1.29 is 27.4 Å². The van der Waals surface area contributed by atoms with Gasteiger partial charge in [0.1, 0.15) is 0 Å². The van der Waals surface area contributed by atoms with E-state index in [0.29, 0.717) is 23.6 Å². The molecular formula is C20H20F3NO3. The summed E-state index contributed by atoms with van der Waals surface area (Å²) >= 11 is 0. The molecule has 0 aliphatic heterocycles. The van der Waals surface area contributed by atoms with Crippen molar-refractivity contribution in [2.75, 3.05) is 19.5 Å². The largest absolute Gasteiger partial charge is 0.493 e. The van der Waals surface area contributed by atoms with Gasteiger partial charge in [-0.2, -0.15) is 13.2 Å². The van der Waals surface area contributed by atoms with Crippen LogP contribution in [0.4, 0.5) is 18.9 Å². The smallest absolute Gasteiger partial charge is 0.416 e. The van der Waals surface area contributed by atoms with Crippen LogP contribution in [0, 0.1) is 12.8 Å². The fourth-order valence-electron chi connectivity index (χ4n) is 3.25. The van der Waals surface area contributed by atoms with Crippen molar-refractivity contribution in [2.24, 2.45) is 5.92 Å². The molecule has 2 aromatic carbocycles. The second-order valence-electron chi connectivity index (χ2n) is 6.55. The standard InChI is InChI=1S/C20H20F3NO3/c1-11-8-17(26-2)18(27-3)10-16(11)24-19(25)14-9-13(14)12-6-4-5-7-15(12)20(21,22)23/h4-8,10,13-14H,9H2,1-3H3,(H,24,25). The fourth-order valence-corrected chi connectivity index (χ4v) is 3.25. The second-order valence-corrected chi connectivity index (χ2v) is 6.55. The maximum Gasteiger partial charge on any atom is 0.416 e. The lowest BCUT2D eigenvalue weighted by Gasteiger charge is -2.14. The zero-order valence-corrected chi connectivity index (χ0v) is 15.2. The number of hydrogen-bond donors (Lipinski definition) is 1. The van der Waals surface area contributed by atoms with E-state index in [-0.39, 0.29) is 11.5 Å². The van der Waals surface area contributed by atoms with Crippen molar-refractivity contribution in [1.29, 1.82) is 0 Å². The van der Waals surface area contributed by atoms with Gasteiger partial charge >= 0.3 is 6.18 Å². The van der Waals surface area contributed by atoms with Crippen molar-refractivity contribution >= 4 is 11.6 Å². The average Bonchev–Trinajstić information content (AvgIpc) is 3.43. The molecule has 1 aliphatic carbocycles. The van der Waals surface area contributed by atoms with Crippen molar-refractivity contribution in [3.8, 4) is 11.5 Å². The lowest BCUT2D eigenvalue weighted by Crippen LogP contribution is -2.16. The maximum absolute atomic E-state index is 13.2. The number of methoxy groups -OCH3 is 2. The summed E-state index contributed by atoms with van der Waals surface area (Å²) in [6.07, 6.45) is -4.04. The maximum atomic E-state index is 13.2. The monoisotopic (exact) mass is 379 g/mol. The van der Waals surface area contributed by atoms with Crippen LogP contribution in [-0.4, -0.2) is 20.1 Å². The zero-order chi connectivity index (χ0) is 19.8. The summed E-state index contributed by atoms with van der Waals surface area (Å²) in [5.41, 5.74) is 0.822. The summed E-state index contributed by atoms with van der Waals surface area (Å²) in [5, 5.41) is 2.80. The number of alkyl halides is 3. The predicted octanol–water partition coefficient (Wildman–Crippen LogP) is 4.77. The Kier molecular flexibility index (Phi) is 5.04. The molecule has 1 aliphatic rings. The Bertz CT molecular complexity index is 864. The van der Waals surface area contributed by atoms with Crippen LogP contribution < -0.4 is 14.8 Å². The molecule has 3 rings (SSSR count). The molecule has 1 saturated carbocycles. The number of benzene rings is 2. The molecule has 0 aromatic heterocycles. The molecule has 2 atom stereocenters. The van der Waals surface area contributed by atoms with Gasteiger partial charge < -0.3 is 14.8 Å². The quantitative estimate of drug-likeness (QED) is 0.814. The number of anilines is 1. The Hall–Kier alpha value is -2.70. The SMILES string of the molecule is COc1cc(C)c(NC(=O)C2CC2c2ccccc2C(F)(F)F)cc1OC. The van der Waals surface area contributed by atoms with Gasteiger partial charge in [0, 0.05) is 17.7 Å². The molecule has 0 heterocycles.